The van der Waals surface area contributed by atoms with E-state index in [4.69, 9.17) is 4.74 Å². The number of amidine groups is 1. The highest BCUT2D eigenvalue weighted by Gasteiger charge is 2.54. The molecule has 1 saturated heterocycles. The molecule has 0 aliphatic carbocycles. The first-order valence-electron chi connectivity index (χ1n) is 8.65. The van der Waals surface area contributed by atoms with Crippen LogP contribution in [0.4, 0.5) is 0 Å². The molecule has 1 aromatic carbocycles. The van der Waals surface area contributed by atoms with E-state index in [1.807, 2.05) is 47.8 Å². The van der Waals surface area contributed by atoms with Gasteiger partial charge < -0.3 is 10.1 Å². The van der Waals surface area contributed by atoms with E-state index >= 15 is 0 Å². The van der Waals surface area contributed by atoms with E-state index in [1.165, 1.54) is 28.0 Å². The molecular formula is C19H17N3O4S2. The van der Waals surface area contributed by atoms with Crippen LogP contribution in [0.15, 0.2) is 52.8 Å². The Kier molecular flexibility index (Phi) is 5.45. The lowest BCUT2D eigenvalue weighted by atomic mass is 10.1. The number of fused-ring (bicyclic) bond motifs is 1. The monoisotopic (exact) mass is 415 g/mol. The van der Waals surface area contributed by atoms with Crippen molar-refractivity contribution in [1.29, 1.82) is 0 Å². The number of thioether (sulfide) groups is 1. The molecule has 3 heterocycles. The van der Waals surface area contributed by atoms with Crippen molar-refractivity contribution in [3.8, 4) is 0 Å². The first-order valence-corrected chi connectivity index (χ1v) is 10.6. The van der Waals surface area contributed by atoms with E-state index in [1.54, 1.807) is 0 Å². The van der Waals surface area contributed by atoms with Crippen LogP contribution in [0.25, 0.3) is 0 Å². The topological polar surface area (TPSA) is 88.1 Å². The van der Waals surface area contributed by atoms with Gasteiger partial charge in [0, 0.05) is 4.88 Å². The number of benzene rings is 1. The van der Waals surface area contributed by atoms with Crippen molar-refractivity contribution in [2.24, 2.45) is 4.99 Å². The Balaban J connectivity index is 1.35. The van der Waals surface area contributed by atoms with Crippen molar-refractivity contribution in [1.82, 2.24) is 10.2 Å². The van der Waals surface area contributed by atoms with Gasteiger partial charge in [-0.1, -0.05) is 36.4 Å². The maximum Gasteiger partial charge on any atom is 0.374 e. The van der Waals surface area contributed by atoms with E-state index < -0.39 is 12.0 Å². The molecule has 2 unspecified atom stereocenters. The number of hydrogen-bond donors (Lipinski definition) is 1. The van der Waals surface area contributed by atoms with Gasteiger partial charge in [0.25, 0.3) is 5.91 Å². The summed E-state index contributed by atoms with van der Waals surface area (Å²) in [4.78, 5) is 43.5. The third-order valence-electron chi connectivity index (χ3n) is 4.36. The largest absolute Gasteiger partial charge is 0.455 e. The predicted molar refractivity (Wildman–Crippen MR) is 107 cm³/mol. The van der Waals surface area contributed by atoms with Crippen LogP contribution < -0.4 is 5.32 Å². The van der Waals surface area contributed by atoms with E-state index in [9.17, 15) is 14.4 Å². The average Bonchev–Trinajstić information content (AvgIpc) is 3.23. The molecule has 2 amide bonds. The molecule has 7 nitrogen and oxygen atoms in total. The Morgan fingerprint density at radius 3 is 2.79 bits per heavy atom. The summed E-state index contributed by atoms with van der Waals surface area (Å²) in [6.45, 7) is 0.111. The summed E-state index contributed by atoms with van der Waals surface area (Å²) in [5.41, 5.74) is 0.854. The molecule has 2 aliphatic rings. The highest BCUT2D eigenvalue weighted by Crippen LogP contribution is 2.34. The number of nitrogens with one attached hydrogen (secondary N) is 1. The van der Waals surface area contributed by atoms with E-state index in [0.29, 0.717) is 5.88 Å². The van der Waals surface area contributed by atoms with E-state index in [-0.39, 0.29) is 36.1 Å². The molecule has 1 N–H and O–H groups in total. The number of aliphatic imine (C=N–C) groups is 1. The molecule has 2 aliphatic heterocycles. The number of amides is 2. The second kappa shape index (κ2) is 8.15. The summed E-state index contributed by atoms with van der Waals surface area (Å²) in [5, 5.41) is 4.34. The quantitative estimate of drug-likeness (QED) is 0.574. The van der Waals surface area contributed by atoms with Crippen LogP contribution in [-0.2, 0) is 32.1 Å². The van der Waals surface area contributed by atoms with Crippen LogP contribution in [0.1, 0.15) is 10.4 Å². The molecule has 0 spiro atoms. The molecule has 9 heteroatoms. The fraction of sp³-hybridized carbons (Fsp3) is 0.263. The summed E-state index contributed by atoms with van der Waals surface area (Å²) in [5.74, 6) is -0.843. The molecular weight excluding hydrogens is 398 g/mol. The minimum absolute atomic E-state index is 0.00781. The summed E-state index contributed by atoms with van der Waals surface area (Å²) in [6.07, 6.45) is 0.235. The van der Waals surface area contributed by atoms with Crippen molar-refractivity contribution >= 4 is 46.7 Å². The second-order valence-corrected chi connectivity index (χ2v) is 8.35. The van der Waals surface area contributed by atoms with Crippen molar-refractivity contribution in [3.63, 3.8) is 0 Å². The molecule has 2 aromatic rings. The van der Waals surface area contributed by atoms with Crippen LogP contribution in [-0.4, -0.2) is 45.8 Å². The number of β-lactam (4-membered cyclic amide) rings is 1. The Morgan fingerprint density at radius 1 is 1.21 bits per heavy atom. The van der Waals surface area contributed by atoms with Gasteiger partial charge in [-0.2, -0.15) is 0 Å². The molecule has 1 fully saturated rings. The summed E-state index contributed by atoms with van der Waals surface area (Å²) in [6, 6.07) is 12.4. The van der Waals surface area contributed by atoms with E-state index in [2.05, 4.69) is 10.3 Å². The lowest BCUT2D eigenvalue weighted by molar-refractivity contribution is -0.147. The van der Waals surface area contributed by atoms with Crippen LogP contribution >= 0.6 is 23.1 Å². The highest BCUT2D eigenvalue weighted by atomic mass is 32.2. The number of esters is 1. The fourth-order valence-electron chi connectivity index (χ4n) is 2.99. The molecule has 28 heavy (non-hydrogen) atoms. The second-order valence-electron chi connectivity index (χ2n) is 6.24. The van der Waals surface area contributed by atoms with Crippen molar-refractivity contribution in [2.75, 3.05) is 5.88 Å². The van der Waals surface area contributed by atoms with Gasteiger partial charge >= 0.3 is 5.97 Å². The summed E-state index contributed by atoms with van der Waals surface area (Å²) >= 11 is 2.90. The third kappa shape index (κ3) is 3.81. The maximum absolute atomic E-state index is 12.5. The van der Waals surface area contributed by atoms with E-state index in [0.717, 1.165) is 10.4 Å². The number of hydrogen-bond acceptors (Lipinski definition) is 7. The van der Waals surface area contributed by atoms with Crippen molar-refractivity contribution < 1.29 is 19.1 Å². The fourth-order valence-corrected chi connectivity index (χ4v) is 4.77. The molecule has 0 radical (unpaired) electrons. The van der Waals surface area contributed by atoms with Gasteiger partial charge in [-0.05, 0) is 17.0 Å². The van der Waals surface area contributed by atoms with Crippen LogP contribution in [0.3, 0.4) is 0 Å². The van der Waals surface area contributed by atoms with Crippen molar-refractivity contribution in [3.05, 3.63) is 58.3 Å². The lowest BCUT2D eigenvalue weighted by Crippen LogP contribution is -2.72. The molecule has 0 bridgehead atoms. The van der Waals surface area contributed by atoms with Gasteiger partial charge in [-0.3, -0.25) is 19.5 Å². The smallest absolute Gasteiger partial charge is 0.374 e. The van der Waals surface area contributed by atoms with Crippen LogP contribution in [0.2, 0.25) is 0 Å². The maximum atomic E-state index is 12.5. The first-order chi connectivity index (χ1) is 13.6. The number of nitrogens with zero attached hydrogens (tertiary/aromatic N) is 2. The molecule has 0 saturated carbocycles. The SMILES string of the molecule is O=C(Cc1cccs1)NC1C(=O)N2C(C(=O)OCc3ccccc3)=NCSC12. The Morgan fingerprint density at radius 2 is 2.04 bits per heavy atom. The van der Waals surface area contributed by atoms with Gasteiger partial charge in [-0.15, -0.1) is 23.1 Å². The molecule has 2 atom stereocenters. The summed E-state index contributed by atoms with van der Waals surface area (Å²) in [7, 11) is 0. The number of rotatable bonds is 6. The van der Waals surface area contributed by atoms with Gasteiger partial charge in [0.05, 0.1) is 12.3 Å². The first kappa shape index (κ1) is 18.7. The normalized spacial score (nSPS) is 20.6. The Hall–Kier alpha value is -2.65. The standard InChI is InChI=1S/C19H17N3O4S2/c23-14(9-13-7-4-8-27-13)21-15-17(24)22-16(20-11-28-18(15)22)19(25)26-10-12-5-2-1-3-6-12/h1-8,15,18H,9-11H2,(H,21,23). The third-order valence-corrected chi connectivity index (χ3v) is 6.34. The predicted octanol–water partition coefficient (Wildman–Crippen LogP) is 1.79. The zero-order chi connectivity index (χ0) is 19.5. The van der Waals surface area contributed by atoms with Gasteiger partial charge in [0.15, 0.2) is 0 Å². The highest BCUT2D eigenvalue weighted by molar-refractivity contribution is 8.00. The number of carbonyl (C=O) groups excluding carboxylic acids is 3. The minimum atomic E-state index is -0.648. The number of ether oxygens (including phenoxy) is 1. The Bertz CT molecular complexity index is 915. The zero-order valence-electron chi connectivity index (χ0n) is 14.7. The van der Waals surface area contributed by atoms with Crippen molar-refractivity contribution in [2.45, 2.75) is 24.4 Å². The lowest BCUT2D eigenvalue weighted by Gasteiger charge is -2.47. The number of carbonyl (C=O) groups is 3. The minimum Gasteiger partial charge on any atom is -0.455 e. The molecule has 144 valence electrons. The Labute approximate surface area is 169 Å². The van der Waals surface area contributed by atoms with Gasteiger partial charge in [0.1, 0.15) is 18.0 Å². The van der Waals surface area contributed by atoms with Gasteiger partial charge in [-0.25, -0.2) is 4.79 Å². The summed E-state index contributed by atoms with van der Waals surface area (Å²) < 4.78 is 5.30. The molecule has 4 rings (SSSR count). The molecule has 1 aromatic heterocycles. The van der Waals surface area contributed by atoms with Crippen LogP contribution in [0.5, 0.6) is 0 Å². The zero-order valence-corrected chi connectivity index (χ0v) is 16.4. The number of thiophene rings is 1. The van der Waals surface area contributed by atoms with Crippen LogP contribution in [0, 0.1) is 0 Å². The van der Waals surface area contributed by atoms with Gasteiger partial charge in [0.2, 0.25) is 11.7 Å². The average molecular weight is 415 g/mol.